The van der Waals surface area contributed by atoms with Gasteiger partial charge in [0.05, 0.1) is 17.7 Å². The van der Waals surface area contributed by atoms with Crippen LogP contribution >= 0.6 is 11.6 Å². The van der Waals surface area contributed by atoms with Crippen molar-refractivity contribution in [1.82, 2.24) is 0 Å². The van der Waals surface area contributed by atoms with Crippen molar-refractivity contribution in [3.05, 3.63) is 23.2 Å². The Labute approximate surface area is 111 Å². The highest BCUT2D eigenvalue weighted by atomic mass is 35.5. The quantitative estimate of drug-likeness (QED) is 0.885. The second-order valence-electron chi connectivity index (χ2n) is 4.67. The van der Waals surface area contributed by atoms with Crippen LogP contribution in [-0.2, 0) is 4.79 Å². The van der Waals surface area contributed by atoms with Crippen LogP contribution in [0.1, 0.15) is 25.7 Å². The number of benzene rings is 1. The molecule has 4 nitrogen and oxygen atoms in total. The Balaban J connectivity index is 2.11. The third kappa shape index (κ3) is 2.60. The second kappa shape index (κ2) is 5.16. The van der Waals surface area contributed by atoms with E-state index < -0.39 is 5.54 Å². The average Bonchev–Trinajstić information content (AvgIpc) is 2.80. The average molecular weight is 269 g/mol. The molecule has 0 aromatic heterocycles. The van der Waals surface area contributed by atoms with E-state index in [0.717, 1.165) is 25.7 Å². The lowest BCUT2D eigenvalue weighted by molar-refractivity contribution is -0.121. The van der Waals surface area contributed by atoms with Crippen LogP contribution in [0, 0.1) is 0 Å². The molecule has 0 spiro atoms. The summed E-state index contributed by atoms with van der Waals surface area (Å²) in [6.07, 6.45) is 3.49. The lowest BCUT2D eigenvalue weighted by Crippen LogP contribution is -2.48. The van der Waals surface area contributed by atoms with Crippen molar-refractivity contribution in [3.8, 4) is 5.75 Å². The highest BCUT2D eigenvalue weighted by Gasteiger charge is 2.36. The maximum absolute atomic E-state index is 12.1. The number of methoxy groups -OCH3 is 1. The smallest absolute Gasteiger partial charge is 0.244 e. The van der Waals surface area contributed by atoms with Crippen molar-refractivity contribution in [2.24, 2.45) is 5.73 Å². The largest absolute Gasteiger partial charge is 0.495 e. The Morgan fingerprint density at radius 1 is 1.44 bits per heavy atom. The van der Waals surface area contributed by atoms with Gasteiger partial charge in [-0.15, -0.1) is 0 Å². The van der Waals surface area contributed by atoms with Crippen molar-refractivity contribution < 1.29 is 9.53 Å². The number of anilines is 1. The first kappa shape index (κ1) is 13.2. The molecular formula is C13H17ClN2O2. The lowest BCUT2D eigenvalue weighted by atomic mass is 9.98. The fourth-order valence-electron chi connectivity index (χ4n) is 2.23. The number of hydrogen-bond acceptors (Lipinski definition) is 3. The molecule has 98 valence electrons. The predicted molar refractivity (Wildman–Crippen MR) is 72.0 cm³/mol. The molecule has 18 heavy (non-hydrogen) atoms. The molecule has 1 aromatic rings. The highest BCUT2D eigenvalue weighted by molar-refractivity contribution is 6.32. The third-order valence-corrected chi connectivity index (χ3v) is 3.67. The van der Waals surface area contributed by atoms with Crippen molar-refractivity contribution in [2.75, 3.05) is 12.4 Å². The summed E-state index contributed by atoms with van der Waals surface area (Å²) in [5.41, 5.74) is 6.00. The van der Waals surface area contributed by atoms with Gasteiger partial charge < -0.3 is 15.8 Å². The van der Waals surface area contributed by atoms with E-state index >= 15 is 0 Å². The SMILES string of the molecule is COc1cc(NC(=O)C2(N)CCCC2)ccc1Cl. The monoisotopic (exact) mass is 268 g/mol. The van der Waals surface area contributed by atoms with Gasteiger partial charge in [-0.3, -0.25) is 4.79 Å². The molecule has 5 heteroatoms. The minimum atomic E-state index is -0.729. The number of amides is 1. The molecule has 1 aliphatic rings. The zero-order valence-corrected chi connectivity index (χ0v) is 11.1. The van der Waals surface area contributed by atoms with Crippen molar-refractivity contribution in [3.63, 3.8) is 0 Å². The molecule has 1 amide bonds. The van der Waals surface area contributed by atoms with Crippen LogP contribution in [0.2, 0.25) is 5.02 Å². The van der Waals surface area contributed by atoms with Gasteiger partial charge in [-0.1, -0.05) is 24.4 Å². The Morgan fingerprint density at radius 2 is 2.11 bits per heavy atom. The number of ether oxygens (including phenoxy) is 1. The van der Waals surface area contributed by atoms with E-state index in [4.69, 9.17) is 22.1 Å². The van der Waals surface area contributed by atoms with E-state index in [1.54, 1.807) is 18.2 Å². The van der Waals surface area contributed by atoms with E-state index in [0.29, 0.717) is 16.5 Å². The van der Waals surface area contributed by atoms with E-state index in [-0.39, 0.29) is 5.91 Å². The van der Waals surface area contributed by atoms with Gasteiger partial charge in [0.2, 0.25) is 5.91 Å². The fraction of sp³-hybridized carbons (Fsp3) is 0.462. The summed E-state index contributed by atoms with van der Waals surface area (Å²) in [7, 11) is 1.54. The van der Waals surface area contributed by atoms with Gasteiger partial charge in [-0.05, 0) is 25.0 Å². The summed E-state index contributed by atoms with van der Waals surface area (Å²) in [5, 5.41) is 3.34. The number of carbonyl (C=O) groups excluding carboxylic acids is 1. The molecule has 0 radical (unpaired) electrons. The summed E-state index contributed by atoms with van der Waals surface area (Å²) in [5.74, 6) is 0.399. The zero-order chi connectivity index (χ0) is 13.2. The van der Waals surface area contributed by atoms with Gasteiger partial charge in [-0.2, -0.15) is 0 Å². The Bertz CT molecular complexity index is 456. The standard InChI is InChI=1S/C13H17ClN2O2/c1-18-11-8-9(4-5-10(11)14)16-12(17)13(15)6-2-3-7-13/h4-5,8H,2-3,6-7,15H2,1H3,(H,16,17). The van der Waals surface area contributed by atoms with Crippen LogP contribution < -0.4 is 15.8 Å². The third-order valence-electron chi connectivity index (χ3n) is 3.36. The highest BCUT2D eigenvalue weighted by Crippen LogP contribution is 2.30. The summed E-state index contributed by atoms with van der Waals surface area (Å²) in [6.45, 7) is 0. The van der Waals surface area contributed by atoms with Crippen LogP contribution in [0.5, 0.6) is 5.75 Å². The van der Waals surface area contributed by atoms with E-state index in [1.165, 1.54) is 7.11 Å². The molecule has 0 saturated heterocycles. The molecule has 1 aromatic carbocycles. The summed E-state index contributed by atoms with van der Waals surface area (Å²) < 4.78 is 5.10. The van der Waals surface area contributed by atoms with Crippen LogP contribution in [-0.4, -0.2) is 18.6 Å². The van der Waals surface area contributed by atoms with Crippen LogP contribution in [0.15, 0.2) is 18.2 Å². The van der Waals surface area contributed by atoms with Gasteiger partial charge in [0.25, 0.3) is 0 Å². The topological polar surface area (TPSA) is 64.3 Å². The molecule has 1 fully saturated rings. The first-order valence-corrected chi connectivity index (χ1v) is 6.37. The maximum Gasteiger partial charge on any atom is 0.244 e. The molecular weight excluding hydrogens is 252 g/mol. The summed E-state index contributed by atoms with van der Waals surface area (Å²) >= 11 is 5.92. The summed E-state index contributed by atoms with van der Waals surface area (Å²) in [6, 6.07) is 5.12. The Morgan fingerprint density at radius 3 is 2.72 bits per heavy atom. The fourth-order valence-corrected chi connectivity index (χ4v) is 2.42. The summed E-state index contributed by atoms with van der Waals surface area (Å²) in [4.78, 5) is 12.1. The molecule has 0 heterocycles. The number of halogens is 1. The van der Waals surface area contributed by atoms with Crippen molar-refractivity contribution in [2.45, 2.75) is 31.2 Å². The first-order chi connectivity index (χ1) is 8.55. The van der Waals surface area contributed by atoms with Gasteiger partial charge >= 0.3 is 0 Å². The van der Waals surface area contributed by atoms with E-state index in [2.05, 4.69) is 5.32 Å². The minimum absolute atomic E-state index is 0.135. The van der Waals surface area contributed by atoms with Gasteiger partial charge in [-0.25, -0.2) is 0 Å². The number of carbonyl (C=O) groups is 1. The van der Waals surface area contributed by atoms with Crippen molar-refractivity contribution in [1.29, 1.82) is 0 Å². The number of nitrogens with one attached hydrogen (secondary N) is 1. The molecule has 0 bridgehead atoms. The first-order valence-electron chi connectivity index (χ1n) is 5.99. The normalized spacial score (nSPS) is 17.5. The second-order valence-corrected chi connectivity index (χ2v) is 5.07. The van der Waals surface area contributed by atoms with E-state index in [9.17, 15) is 4.79 Å². The number of rotatable bonds is 3. The Kier molecular flexibility index (Phi) is 3.78. The molecule has 1 saturated carbocycles. The molecule has 0 aliphatic heterocycles. The Hall–Kier alpha value is -1.26. The van der Waals surface area contributed by atoms with Gasteiger partial charge in [0.1, 0.15) is 5.75 Å². The van der Waals surface area contributed by atoms with Crippen LogP contribution in [0.4, 0.5) is 5.69 Å². The molecule has 2 rings (SSSR count). The molecule has 1 aliphatic carbocycles. The van der Waals surface area contributed by atoms with Crippen molar-refractivity contribution >= 4 is 23.2 Å². The molecule has 3 N–H and O–H groups in total. The number of hydrogen-bond donors (Lipinski definition) is 2. The number of nitrogens with two attached hydrogens (primary N) is 1. The maximum atomic E-state index is 12.1. The zero-order valence-electron chi connectivity index (χ0n) is 10.3. The van der Waals surface area contributed by atoms with Crippen LogP contribution in [0.3, 0.4) is 0 Å². The van der Waals surface area contributed by atoms with Gasteiger partial charge in [0, 0.05) is 11.8 Å². The molecule has 0 unspecified atom stereocenters. The van der Waals surface area contributed by atoms with Gasteiger partial charge in [0.15, 0.2) is 0 Å². The predicted octanol–water partition coefficient (Wildman–Crippen LogP) is 2.56. The van der Waals surface area contributed by atoms with E-state index in [1.807, 2.05) is 0 Å². The minimum Gasteiger partial charge on any atom is -0.495 e. The molecule has 0 atom stereocenters. The lowest BCUT2D eigenvalue weighted by Gasteiger charge is -2.22. The van der Waals surface area contributed by atoms with Crippen LogP contribution in [0.25, 0.3) is 0 Å².